The summed E-state index contributed by atoms with van der Waals surface area (Å²) in [5.74, 6) is -0.288. The first-order chi connectivity index (χ1) is 11.7. The number of urea groups is 1. The van der Waals surface area contributed by atoms with Crippen LogP contribution >= 0.6 is 0 Å². The number of rotatable bonds is 3. The summed E-state index contributed by atoms with van der Waals surface area (Å²) in [7, 11) is 0. The van der Waals surface area contributed by atoms with Gasteiger partial charge in [0.05, 0.1) is 12.2 Å². The average molecular weight is 332 g/mol. The van der Waals surface area contributed by atoms with E-state index in [0.29, 0.717) is 37.6 Å². The van der Waals surface area contributed by atoms with E-state index in [2.05, 4.69) is 5.32 Å². The van der Waals surface area contributed by atoms with Crippen LogP contribution in [-0.4, -0.2) is 49.3 Å². The fourth-order valence-electron chi connectivity index (χ4n) is 3.07. The van der Waals surface area contributed by atoms with Crippen molar-refractivity contribution in [3.05, 3.63) is 29.8 Å². The summed E-state index contributed by atoms with van der Waals surface area (Å²) >= 11 is 0. The smallest absolute Gasteiger partial charge is 0.338 e. The van der Waals surface area contributed by atoms with Crippen molar-refractivity contribution < 1.29 is 19.1 Å². The molecule has 3 rings (SSSR count). The molecule has 6 nitrogen and oxygen atoms in total. The summed E-state index contributed by atoms with van der Waals surface area (Å²) in [6, 6.07) is 6.72. The van der Waals surface area contributed by atoms with Gasteiger partial charge in [-0.2, -0.15) is 0 Å². The van der Waals surface area contributed by atoms with Gasteiger partial charge >= 0.3 is 12.0 Å². The van der Waals surface area contributed by atoms with Crippen molar-refractivity contribution in [2.75, 3.05) is 31.6 Å². The van der Waals surface area contributed by atoms with Gasteiger partial charge in [0.1, 0.15) is 6.10 Å². The molecule has 0 atom stereocenters. The van der Waals surface area contributed by atoms with Crippen molar-refractivity contribution in [2.45, 2.75) is 38.2 Å². The summed E-state index contributed by atoms with van der Waals surface area (Å²) in [5, 5.41) is 2.86. The summed E-state index contributed by atoms with van der Waals surface area (Å²) in [4.78, 5) is 26.1. The molecule has 0 radical (unpaired) electrons. The van der Waals surface area contributed by atoms with Crippen molar-refractivity contribution in [2.24, 2.45) is 0 Å². The second-order valence-electron chi connectivity index (χ2n) is 6.27. The molecule has 0 unspecified atom stereocenters. The monoisotopic (exact) mass is 332 g/mol. The molecule has 2 fully saturated rings. The van der Waals surface area contributed by atoms with Crippen molar-refractivity contribution in [1.29, 1.82) is 0 Å². The molecule has 1 aromatic rings. The van der Waals surface area contributed by atoms with Crippen LogP contribution in [0.3, 0.4) is 0 Å². The number of hydrogen-bond donors (Lipinski definition) is 1. The third kappa shape index (κ3) is 4.47. The molecule has 0 bridgehead atoms. The molecule has 2 aliphatic rings. The van der Waals surface area contributed by atoms with Crippen molar-refractivity contribution in [3.8, 4) is 0 Å². The van der Waals surface area contributed by atoms with E-state index in [1.807, 2.05) is 0 Å². The first-order valence-corrected chi connectivity index (χ1v) is 8.67. The van der Waals surface area contributed by atoms with Gasteiger partial charge in [-0.1, -0.05) is 0 Å². The van der Waals surface area contributed by atoms with Crippen LogP contribution in [0.1, 0.15) is 42.5 Å². The number of nitrogens with one attached hydrogen (secondary N) is 1. The molecule has 1 aliphatic heterocycles. The maximum Gasteiger partial charge on any atom is 0.338 e. The van der Waals surface area contributed by atoms with Gasteiger partial charge in [0.25, 0.3) is 0 Å². The molecular weight excluding hydrogens is 308 g/mol. The summed E-state index contributed by atoms with van der Waals surface area (Å²) in [6.07, 6.45) is 5.08. The maximum atomic E-state index is 12.2. The minimum absolute atomic E-state index is 0.0575. The van der Waals surface area contributed by atoms with E-state index in [0.717, 1.165) is 32.1 Å². The van der Waals surface area contributed by atoms with Crippen LogP contribution in [-0.2, 0) is 9.47 Å². The van der Waals surface area contributed by atoms with E-state index >= 15 is 0 Å². The first kappa shape index (κ1) is 16.8. The number of hydrogen-bond acceptors (Lipinski definition) is 4. The lowest BCUT2D eigenvalue weighted by molar-refractivity contribution is 0.0318. The third-order valence-electron chi connectivity index (χ3n) is 4.46. The Kier molecular flexibility index (Phi) is 5.69. The number of carbonyl (C=O) groups is 2. The quantitative estimate of drug-likeness (QED) is 0.864. The Bertz CT molecular complexity index is 559. The average Bonchev–Trinajstić information content (AvgIpc) is 2.94. The lowest BCUT2D eigenvalue weighted by Gasteiger charge is -2.20. The largest absolute Gasteiger partial charge is 0.459 e. The lowest BCUT2D eigenvalue weighted by atomic mass is 10.2. The zero-order valence-corrected chi connectivity index (χ0v) is 13.8. The minimum atomic E-state index is -0.288. The molecular formula is C18H24N2O4. The molecule has 1 aliphatic carbocycles. The van der Waals surface area contributed by atoms with E-state index in [4.69, 9.17) is 9.47 Å². The summed E-state index contributed by atoms with van der Waals surface area (Å²) < 4.78 is 10.8. The van der Waals surface area contributed by atoms with Crippen molar-refractivity contribution in [3.63, 3.8) is 0 Å². The molecule has 130 valence electrons. The van der Waals surface area contributed by atoms with Gasteiger partial charge in [-0.15, -0.1) is 0 Å². The standard InChI is InChI=1S/C18H24N2O4/c21-17(24-16-4-1-2-5-16)14-6-8-15(9-7-14)19-18(22)20-10-3-12-23-13-11-20/h6-9,16H,1-5,10-13H2,(H,19,22). The Morgan fingerprint density at radius 2 is 1.79 bits per heavy atom. The number of anilines is 1. The molecule has 1 heterocycles. The Morgan fingerprint density at radius 3 is 2.54 bits per heavy atom. The summed E-state index contributed by atoms with van der Waals surface area (Å²) in [6.45, 7) is 2.55. The second-order valence-corrected chi connectivity index (χ2v) is 6.27. The van der Waals surface area contributed by atoms with Crippen LogP contribution in [0.15, 0.2) is 24.3 Å². The Labute approximate surface area is 142 Å². The number of nitrogens with zero attached hydrogens (tertiary/aromatic N) is 1. The van der Waals surface area contributed by atoms with Gasteiger partial charge in [-0.05, 0) is 56.4 Å². The van der Waals surface area contributed by atoms with Gasteiger partial charge < -0.3 is 19.7 Å². The third-order valence-corrected chi connectivity index (χ3v) is 4.46. The van der Waals surface area contributed by atoms with Gasteiger partial charge in [0, 0.05) is 25.4 Å². The van der Waals surface area contributed by atoms with Crippen molar-refractivity contribution in [1.82, 2.24) is 4.90 Å². The van der Waals surface area contributed by atoms with Crippen LogP contribution in [0.4, 0.5) is 10.5 Å². The zero-order valence-electron chi connectivity index (χ0n) is 13.8. The van der Waals surface area contributed by atoms with E-state index in [1.165, 1.54) is 0 Å². The SMILES string of the molecule is O=C(OC1CCCC1)c1ccc(NC(=O)N2CCCOCC2)cc1. The van der Waals surface area contributed by atoms with Crippen molar-refractivity contribution >= 4 is 17.7 Å². The van der Waals surface area contributed by atoms with E-state index in [-0.39, 0.29) is 18.1 Å². The molecule has 1 saturated carbocycles. The number of benzene rings is 1. The number of esters is 1. The highest BCUT2D eigenvalue weighted by Gasteiger charge is 2.20. The molecule has 1 saturated heterocycles. The fourth-order valence-corrected chi connectivity index (χ4v) is 3.07. The molecule has 0 spiro atoms. The Hall–Kier alpha value is -2.08. The molecule has 0 aromatic heterocycles. The Morgan fingerprint density at radius 1 is 1.04 bits per heavy atom. The minimum Gasteiger partial charge on any atom is -0.459 e. The fraction of sp³-hybridized carbons (Fsp3) is 0.556. The molecule has 6 heteroatoms. The van der Waals surface area contributed by atoms with E-state index in [1.54, 1.807) is 29.2 Å². The van der Waals surface area contributed by atoms with Crippen LogP contribution in [0.2, 0.25) is 0 Å². The van der Waals surface area contributed by atoms with Gasteiger partial charge in [0.15, 0.2) is 0 Å². The number of carbonyl (C=O) groups excluding carboxylic acids is 2. The van der Waals surface area contributed by atoms with Gasteiger partial charge in [-0.25, -0.2) is 9.59 Å². The van der Waals surface area contributed by atoms with Crippen LogP contribution in [0.5, 0.6) is 0 Å². The van der Waals surface area contributed by atoms with Gasteiger partial charge in [-0.3, -0.25) is 0 Å². The molecule has 24 heavy (non-hydrogen) atoms. The molecule has 1 N–H and O–H groups in total. The topological polar surface area (TPSA) is 67.9 Å². The summed E-state index contributed by atoms with van der Waals surface area (Å²) in [5.41, 5.74) is 1.19. The highest BCUT2D eigenvalue weighted by atomic mass is 16.5. The molecule has 2 amide bonds. The second kappa shape index (κ2) is 8.15. The normalized spacial score (nSPS) is 18.9. The zero-order chi connectivity index (χ0) is 16.8. The van der Waals surface area contributed by atoms with Crippen LogP contribution in [0, 0.1) is 0 Å². The van der Waals surface area contributed by atoms with Crippen LogP contribution < -0.4 is 5.32 Å². The van der Waals surface area contributed by atoms with Crippen LogP contribution in [0.25, 0.3) is 0 Å². The predicted octanol–water partition coefficient (Wildman–Crippen LogP) is 3.04. The Balaban J connectivity index is 1.53. The predicted molar refractivity (Wildman–Crippen MR) is 90.1 cm³/mol. The highest BCUT2D eigenvalue weighted by molar-refractivity contribution is 5.92. The molecule has 1 aromatic carbocycles. The first-order valence-electron chi connectivity index (χ1n) is 8.67. The lowest BCUT2D eigenvalue weighted by Crippen LogP contribution is -2.36. The van der Waals surface area contributed by atoms with E-state index < -0.39 is 0 Å². The highest BCUT2D eigenvalue weighted by Crippen LogP contribution is 2.22. The van der Waals surface area contributed by atoms with Gasteiger partial charge in [0.2, 0.25) is 0 Å². The van der Waals surface area contributed by atoms with E-state index in [9.17, 15) is 9.59 Å². The number of ether oxygens (including phenoxy) is 2. The maximum absolute atomic E-state index is 12.2. The number of amides is 2.